The van der Waals surface area contributed by atoms with E-state index in [-0.39, 0.29) is 24.1 Å². The topological polar surface area (TPSA) is 84.9 Å². The van der Waals surface area contributed by atoms with Crippen LogP contribution < -0.4 is 19.1 Å². The van der Waals surface area contributed by atoms with Crippen molar-refractivity contribution in [2.45, 2.75) is 50.9 Å². The van der Waals surface area contributed by atoms with Crippen molar-refractivity contribution in [2.24, 2.45) is 0 Å². The Hall–Kier alpha value is -2.74. The zero-order valence-electron chi connectivity index (χ0n) is 18.0. The lowest BCUT2D eigenvalue weighted by atomic mass is 9.83. The average Bonchev–Trinajstić information content (AvgIpc) is 2.77. The van der Waals surface area contributed by atoms with Crippen molar-refractivity contribution >= 4 is 21.6 Å². The molecule has 0 saturated carbocycles. The molecule has 0 aromatic heterocycles. The summed E-state index contributed by atoms with van der Waals surface area (Å²) >= 11 is 0. The van der Waals surface area contributed by atoms with Gasteiger partial charge < -0.3 is 14.8 Å². The van der Waals surface area contributed by atoms with Gasteiger partial charge >= 0.3 is 0 Å². The number of hydrogen-bond donors (Lipinski definition) is 1. The number of nitrogens with one attached hydrogen (secondary N) is 1. The lowest BCUT2D eigenvalue weighted by Gasteiger charge is -2.42. The predicted molar refractivity (Wildman–Crippen MR) is 119 cm³/mol. The number of amides is 1. The lowest BCUT2D eigenvalue weighted by molar-refractivity contribution is -0.129. The molecule has 2 aliphatic rings. The third-order valence-electron chi connectivity index (χ3n) is 6.23. The summed E-state index contributed by atoms with van der Waals surface area (Å²) < 4.78 is 38.2. The Bertz CT molecular complexity index is 1080. The molecule has 0 bridgehead atoms. The maximum atomic E-state index is 13.2. The number of ether oxygens (including phenoxy) is 2. The molecule has 0 fully saturated rings. The van der Waals surface area contributed by atoms with Crippen LogP contribution in [0.2, 0.25) is 0 Å². The molecule has 0 saturated heterocycles. The first-order chi connectivity index (χ1) is 14.8. The van der Waals surface area contributed by atoms with Crippen LogP contribution in [0.5, 0.6) is 11.5 Å². The Balaban J connectivity index is 1.61. The Morgan fingerprint density at radius 2 is 1.74 bits per heavy atom. The quantitative estimate of drug-likeness (QED) is 0.764. The van der Waals surface area contributed by atoms with E-state index in [0.29, 0.717) is 17.9 Å². The SMILES string of the molecule is CCC1(CC)C[C@@H](NC(=O)[C@@H]2CN(S(C)(=O)=O)c3ccccc3O2)c2ccccc2O1. The summed E-state index contributed by atoms with van der Waals surface area (Å²) in [5.41, 5.74) is 1.01. The summed E-state index contributed by atoms with van der Waals surface area (Å²) in [4.78, 5) is 13.2. The standard InChI is InChI=1S/C23H28N2O5S/c1-4-23(5-2)14-17(16-10-6-8-12-19(16)30-23)24-22(26)21-15-25(31(3,27)28)18-11-7-9-13-20(18)29-21/h6-13,17,21H,4-5,14-15H2,1-3H3,(H,24,26)/t17-,21+/m1/s1. The van der Waals surface area contributed by atoms with Gasteiger partial charge in [-0.1, -0.05) is 44.2 Å². The summed E-state index contributed by atoms with van der Waals surface area (Å²) in [5, 5.41) is 3.11. The third-order valence-corrected chi connectivity index (χ3v) is 7.38. The van der Waals surface area contributed by atoms with E-state index in [4.69, 9.17) is 9.47 Å². The molecule has 0 radical (unpaired) electrons. The molecule has 2 aliphatic heterocycles. The van der Waals surface area contributed by atoms with Crippen molar-refractivity contribution in [3.05, 3.63) is 54.1 Å². The number of benzene rings is 2. The number of carbonyl (C=O) groups is 1. The molecule has 7 nitrogen and oxygen atoms in total. The van der Waals surface area contributed by atoms with Crippen LogP contribution >= 0.6 is 0 Å². The molecule has 0 spiro atoms. The van der Waals surface area contributed by atoms with Crippen molar-refractivity contribution in [2.75, 3.05) is 17.1 Å². The van der Waals surface area contributed by atoms with Crippen molar-refractivity contribution in [3.63, 3.8) is 0 Å². The number of rotatable bonds is 5. The average molecular weight is 445 g/mol. The summed E-state index contributed by atoms with van der Waals surface area (Å²) in [6, 6.07) is 14.3. The fourth-order valence-electron chi connectivity index (χ4n) is 4.35. The minimum Gasteiger partial charge on any atom is -0.487 e. The Kier molecular flexibility index (Phi) is 5.60. The van der Waals surface area contributed by atoms with Crippen LogP contribution in [-0.4, -0.2) is 38.8 Å². The van der Waals surface area contributed by atoms with Gasteiger partial charge in [-0.15, -0.1) is 0 Å². The first-order valence-corrected chi connectivity index (χ1v) is 12.4. The zero-order chi connectivity index (χ0) is 22.2. The second kappa shape index (κ2) is 8.07. The molecular weight excluding hydrogens is 416 g/mol. The summed E-state index contributed by atoms with van der Waals surface area (Å²) in [7, 11) is -3.56. The van der Waals surface area contributed by atoms with Gasteiger partial charge in [0.2, 0.25) is 10.0 Å². The van der Waals surface area contributed by atoms with Crippen LogP contribution in [0.25, 0.3) is 0 Å². The molecule has 1 N–H and O–H groups in total. The smallest absolute Gasteiger partial charge is 0.263 e. The molecular formula is C23H28N2O5S. The van der Waals surface area contributed by atoms with E-state index in [1.807, 2.05) is 24.3 Å². The van der Waals surface area contributed by atoms with Crippen LogP contribution in [0.4, 0.5) is 5.69 Å². The highest BCUT2D eigenvalue weighted by atomic mass is 32.2. The van der Waals surface area contributed by atoms with E-state index in [9.17, 15) is 13.2 Å². The highest BCUT2D eigenvalue weighted by molar-refractivity contribution is 7.92. The second-order valence-corrected chi connectivity index (χ2v) is 10.1. The van der Waals surface area contributed by atoms with Gasteiger partial charge in [-0.2, -0.15) is 0 Å². The number of nitrogens with zero attached hydrogens (tertiary/aromatic N) is 1. The number of anilines is 1. The molecule has 31 heavy (non-hydrogen) atoms. The minimum absolute atomic E-state index is 0.0702. The molecule has 0 aliphatic carbocycles. The normalized spacial score (nSPS) is 21.8. The van der Waals surface area contributed by atoms with Crippen molar-refractivity contribution < 1.29 is 22.7 Å². The summed E-state index contributed by atoms with van der Waals surface area (Å²) in [6.07, 6.45) is 2.47. The molecule has 8 heteroatoms. The lowest BCUT2D eigenvalue weighted by Crippen LogP contribution is -2.52. The minimum atomic E-state index is -3.56. The maximum absolute atomic E-state index is 13.2. The van der Waals surface area contributed by atoms with Gasteiger partial charge in [0.1, 0.15) is 17.1 Å². The largest absolute Gasteiger partial charge is 0.487 e. The molecule has 2 atom stereocenters. The van der Waals surface area contributed by atoms with Gasteiger partial charge in [-0.25, -0.2) is 8.42 Å². The molecule has 4 rings (SSSR count). The van der Waals surface area contributed by atoms with Gasteiger partial charge in [0.05, 0.1) is 24.5 Å². The fraction of sp³-hybridized carbons (Fsp3) is 0.435. The van der Waals surface area contributed by atoms with Crippen LogP contribution in [0, 0.1) is 0 Å². The Morgan fingerprint density at radius 1 is 1.10 bits per heavy atom. The van der Waals surface area contributed by atoms with E-state index in [0.717, 1.165) is 30.4 Å². The Labute approximate surface area is 183 Å². The first-order valence-electron chi connectivity index (χ1n) is 10.6. The number of fused-ring (bicyclic) bond motifs is 2. The zero-order valence-corrected chi connectivity index (χ0v) is 18.8. The van der Waals surface area contributed by atoms with Gasteiger partial charge in [0, 0.05) is 12.0 Å². The monoisotopic (exact) mass is 444 g/mol. The molecule has 166 valence electrons. The number of para-hydroxylation sites is 3. The third kappa shape index (κ3) is 4.08. The van der Waals surface area contributed by atoms with Crippen molar-refractivity contribution in [3.8, 4) is 11.5 Å². The molecule has 1 amide bonds. The maximum Gasteiger partial charge on any atom is 0.263 e. The number of carbonyl (C=O) groups excluding carboxylic acids is 1. The highest BCUT2D eigenvalue weighted by Gasteiger charge is 2.41. The summed E-state index contributed by atoms with van der Waals surface area (Å²) in [5.74, 6) is 0.810. The van der Waals surface area contributed by atoms with Crippen molar-refractivity contribution in [1.82, 2.24) is 5.32 Å². The van der Waals surface area contributed by atoms with E-state index in [1.54, 1.807) is 24.3 Å². The molecule has 2 heterocycles. The van der Waals surface area contributed by atoms with Gasteiger partial charge in [0.25, 0.3) is 5.91 Å². The molecule has 0 unspecified atom stereocenters. The van der Waals surface area contributed by atoms with Crippen molar-refractivity contribution in [1.29, 1.82) is 0 Å². The summed E-state index contributed by atoms with van der Waals surface area (Å²) in [6.45, 7) is 4.10. The van der Waals surface area contributed by atoms with Crippen LogP contribution in [0.1, 0.15) is 44.7 Å². The Morgan fingerprint density at radius 3 is 2.42 bits per heavy atom. The van der Waals surface area contributed by atoms with Gasteiger partial charge in [-0.05, 0) is 31.0 Å². The van der Waals surface area contributed by atoms with E-state index >= 15 is 0 Å². The second-order valence-electron chi connectivity index (χ2n) is 8.16. The van der Waals surface area contributed by atoms with E-state index in [1.165, 1.54) is 4.31 Å². The van der Waals surface area contributed by atoms with Gasteiger partial charge in [-0.3, -0.25) is 9.10 Å². The highest BCUT2D eigenvalue weighted by Crippen LogP contribution is 2.43. The van der Waals surface area contributed by atoms with E-state index in [2.05, 4.69) is 19.2 Å². The van der Waals surface area contributed by atoms with Crippen LogP contribution in [-0.2, 0) is 14.8 Å². The number of sulfonamides is 1. The molecule has 2 aromatic rings. The predicted octanol–water partition coefficient (Wildman–Crippen LogP) is 3.41. The number of hydrogen-bond acceptors (Lipinski definition) is 5. The molecule has 2 aromatic carbocycles. The van der Waals surface area contributed by atoms with Gasteiger partial charge in [0.15, 0.2) is 6.10 Å². The van der Waals surface area contributed by atoms with E-state index < -0.39 is 16.1 Å². The van der Waals surface area contributed by atoms with Crippen LogP contribution in [0.15, 0.2) is 48.5 Å². The van der Waals surface area contributed by atoms with Crippen LogP contribution in [0.3, 0.4) is 0 Å². The fourth-order valence-corrected chi connectivity index (χ4v) is 5.26. The first kappa shape index (κ1) is 21.5.